The molecule has 188 valence electrons. The van der Waals surface area contributed by atoms with Crippen LogP contribution in [0.15, 0.2) is 104 Å². The molecule has 0 radical (unpaired) electrons. The number of rotatable bonds is 10. The summed E-state index contributed by atoms with van der Waals surface area (Å²) < 4.78 is 0. The number of nitro groups is 1. The van der Waals surface area contributed by atoms with Crippen LogP contribution in [0.25, 0.3) is 22.4 Å². The number of fused-ring (bicyclic) bond motifs is 1. The van der Waals surface area contributed by atoms with Crippen LogP contribution in [0.3, 0.4) is 0 Å². The molecule has 6 heteroatoms. The highest BCUT2D eigenvalue weighted by Crippen LogP contribution is 2.34. The molecule has 3 N–H and O–H groups in total. The van der Waals surface area contributed by atoms with Crippen LogP contribution >= 0.6 is 0 Å². The summed E-state index contributed by atoms with van der Waals surface area (Å²) in [7, 11) is 0. The van der Waals surface area contributed by atoms with Crippen molar-refractivity contribution in [3.63, 3.8) is 0 Å². The molecule has 4 aromatic carbocycles. The van der Waals surface area contributed by atoms with E-state index >= 15 is 0 Å². The first-order chi connectivity index (χ1) is 17.9. The Balaban J connectivity index is 1.59. The second-order valence-electron chi connectivity index (χ2n) is 8.97. The van der Waals surface area contributed by atoms with Crippen molar-refractivity contribution in [2.45, 2.75) is 25.0 Å². The van der Waals surface area contributed by atoms with Gasteiger partial charge in [0, 0.05) is 23.4 Å². The van der Waals surface area contributed by atoms with E-state index in [9.17, 15) is 25.4 Å². The molecule has 0 fully saturated rings. The molecule has 37 heavy (non-hydrogen) atoms. The number of benzene rings is 4. The molecule has 4 aromatic rings. The number of phenols is 1. The van der Waals surface area contributed by atoms with E-state index in [1.807, 2.05) is 60.7 Å². The predicted molar refractivity (Wildman–Crippen MR) is 147 cm³/mol. The van der Waals surface area contributed by atoms with Gasteiger partial charge in [-0.2, -0.15) is 0 Å². The van der Waals surface area contributed by atoms with E-state index in [0.29, 0.717) is 18.4 Å². The minimum Gasteiger partial charge on any atom is -0.507 e. The lowest BCUT2D eigenvalue weighted by Crippen LogP contribution is -2.25. The summed E-state index contributed by atoms with van der Waals surface area (Å²) in [6.45, 7) is 3.80. The van der Waals surface area contributed by atoms with Crippen LogP contribution in [0.1, 0.15) is 35.6 Å². The summed E-state index contributed by atoms with van der Waals surface area (Å²) in [6, 6.07) is 26.8. The Hall–Kier alpha value is -4.26. The molecule has 0 unspecified atom stereocenters. The molecule has 6 nitrogen and oxygen atoms in total. The Kier molecular flexibility index (Phi) is 8.13. The van der Waals surface area contributed by atoms with E-state index in [-0.39, 0.29) is 11.4 Å². The molecule has 0 saturated heterocycles. The summed E-state index contributed by atoms with van der Waals surface area (Å²) in [6.07, 6.45) is 2.52. The topological polar surface area (TPSA) is 104 Å². The van der Waals surface area contributed by atoms with Crippen molar-refractivity contribution < 1.29 is 20.2 Å². The Morgan fingerprint density at radius 3 is 2.19 bits per heavy atom. The lowest BCUT2D eigenvalue weighted by Gasteiger charge is -2.25. The van der Waals surface area contributed by atoms with Gasteiger partial charge in [-0.3, -0.25) is 10.1 Å². The predicted octanol–water partition coefficient (Wildman–Crippen LogP) is 6.67. The van der Waals surface area contributed by atoms with Crippen LogP contribution in [-0.4, -0.2) is 26.3 Å². The van der Waals surface area contributed by atoms with Gasteiger partial charge in [0.25, 0.3) is 5.69 Å². The lowest BCUT2D eigenvalue weighted by atomic mass is 9.86. The molecular formula is C31H29NO5. The third-order valence-electron chi connectivity index (χ3n) is 6.65. The minimum absolute atomic E-state index is 0.0638. The second kappa shape index (κ2) is 11.6. The van der Waals surface area contributed by atoms with Gasteiger partial charge in [-0.1, -0.05) is 72.8 Å². The Morgan fingerprint density at radius 2 is 1.54 bits per heavy atom. The van der Waals surface area contributed by atoms with Crippen LogP contribution in [0.4, 0.5) is 5.69 Å². The van der Waals surface area contributed by atoms with Crippen molar-refractivity contribution in [2.24, 2.45) is 5.92 Å². The number of hydrogen-bond donors (Lipinski definition) is 3. The zero-order valence-electron chi connectivity index (χ0n) is 20.3. The van der Waals surface area contributed by atoms with E-state index in [0.717, 1.165) is 27.5 Å². The molecule has 0 aliphatic rings. The molecule has 0 aliphatic heterocycles. The highest BCUT2D eigenvalue weighted by atomic mass is 16.6. The fourth-order valence-corrected chi connectivity index (χ4v) is 4.58. The number of hydrogen-bond acceptors (Lipinski definition) is 5. The molecule has 3 atom stereocenters. The molecule has 0 aromatic heterocycles. The van der Waals surface area contributed by atoms with E-state index in [1.54, 1.807) is 6.07 Å². The van der Waals surface area contributed by atoms with Crippen LogP contribution in [0.5, 0.6) is 5.75 Å². The van der Waals surface area contributed by atoms with Crippen LogP contribution in [-0.2, 0) is 0 Å². The highest BCUT2D eigenvalue weighted by molar-refractivity contribution is 5.98. The van der Waals surface area contributed by atoms with Gasteiger partial charge in [0.1, 0.15) is 5.75 Å². The Bertz CT molecular complexity index is 1410. The van der Waals surface area contributed by atoms with Gasteiger partial charge in [-0.25, -0.2) is 0 Å². The normalized spacial score (nSPS) is 14.2. The summed E-state index contributed by atoms with van der Waals surface area (Å²) in [5.74, 6) is -0.438. The lowest BCUT2D eigenvalue weighted by molar-refractivity contribution is -0.384. The maximum atomic E-state index is 11.1. The monoisotopic (exact) mass is 495 g/mol. The van der Waals surface area contributed by atoms with E-state index in [1.165, 1.54) is 30.3 Å². The summed E-state index contributed by atoms with van der Waals surface area (Å²) in [5, 5.41) is 44.9. The molecular weight excluding hydrogens is 466 g/mol. The first kappa shape index (κ1) is 25.8. The SMILES string of the molecule is C=C[C@H]([C@H](O)CC/C(=C/c1ccc(O)c2ccccc12)c1ccccc1)[C@H](O)c1ccc([N+](=O)[O-])cc1. The average Bonchev–Trinajstić information content (AvgIpc) is 2.93. The standard InChI is InChI=1S/C31H29NO5/c1-2-26(31(35)22-12-16-25(17-13-22)32(36)37)29(33)18-14-23(21-8-4-3-5-9-21)20-24-15-19-30(34)28-11-7-6-10-27(24)28/h2-13,15-17,19-20,26,29,31,33-35H,1,14,18H2/b23-20-/t26-,29-,31-/m1/s1. The minimum atomic E-state index is -1.06. The summed E-state index contributed by atoms with van der Waals surface area (Å²) in [5.41, 5.74) is 3.38. The van der Waals surface area contributed by atoms with E-state index in [2.05, 4.69) is 12.7 Å². The largest absolute Gasteiger partial charge is 0.507 e. The molecule has 0 heterocycles. The second-order valence-corrected chi connectivity index (χ2v) is 8.97. The van der Waals surface area contributed by atoms with Gasteiger partial charge in [-0.15, -0.1) is 6.58 Å². The number of nitrogens with zero attached hydrogens (tertiary/aromatic N) is 1. The maximum absolute atomic E-state index is 11.1. The van der Waals surface area contributed by atoms with Gasteiger partial charge in [0.2, 0.25) is 0 Å². The summed E-state index contributed by atoms with van der Waals surface area (Å²) in [4.78, 5) is 10.4. The fraction of sp³-hybridized carbons (Fsp3) is 0.161. The number of nitro benzene ring substituents is 1. The number of phenolic OH excluding ortho intramolecular Hbond substituents is 1. The van der Waals surface area contributed by atoms with Crippen LogP contribution in [0.2, 0.25) is 0 Å². The smallest absolute Gasteiger partial charge is 0.269 e. The molecule has 0 amide bonds. The Labute approximate surface area is 215 Å². The first-order valence-electron chi connectivity index (χ1n) is 12.1. The van der Waals surface area contributed by atoms with Crippen molar-refractivity contribution >= 4 is 28.1 Å². The van der Waals surface area contributed by atoms with Gasteiger partial charge in [0.05, 0.1) is 17.1 Å². The number of aliphatic hydroxyl groups excluding tert-OH is 2. The third-order valence-corrected chi connectivity index (χ3v) is 6.65. The van der Waals surface area contributed by atoms with Crippen molar-refractivity contribution in [1.29, 1.82) is 0 Å². The van der Waals surface area contributed by atoms with E-state index in [4.69, 9.17) is 0 Å². The molecule has 0 bridgehead atoms. The van der Waals surface area contributed by atoms with Crippen molar-refractivity contribution in [3.8, 4) is 5.75 Å². The molecule has 0 saturated carbocycles. The molecule has 0 aliphatic carbocycles. The number of aromatic hydroxyl groups is 1. The van der Waals surface area contributed by atoms with Crippen LogP contribution in [0, 0.1) is 16.0 Å². The zero-order chi connectivity index (χ0) is 26.4. The number of allylic oxidation sites excluding steroid dienone is 1. The van der Waals surface area contributed by atoms with E-state index < -0.39 is 23.0 Å². The number of non-ortho nitro benzene ring substituents is 1. The molecule has 0 spiro atoms. The average molecular weight is 496 g/mol. The molecule has 4 rings (SSSR count). The zero-order valence-corrected chi connectivity index (χ0v) is 20.3. The maximum Gasteiger partial charge on any atom is 0.269 e. The number of aliphatic hydroxyl groups is 2. The van der Waals surface area contributed by atoms with Crippen molar-refractivity contribution in [2.75, 3.05) is 0 Å². The first-order valence-corrected chi connectivity index (χ1v) is 12.1. The summed E-state index contributed by atoms with van der Waals surface area (Å²) >= 11 is 0. The van der Waals surface area contributed by atoms with Crippen LogP contribution < -0.4 is 0 Å². The van der Waals surface area contributed by atoms with Crippen molar-refractivity contribution in [3.05, 3.63) is 130 Å². The fourth-order valence-electron chi connectivity index (χ4n) is 4.58. The third kappa shape index (κ3) is 5.94. The van der Waals surface area contributed by atoms with Gasteiger partial charge < -0.3 is 15.3 Å². The van der Waals surface area contributed by atoms with Gasteiger partial charge in [0.15, 0.2) is 0 Å². The Morgan fingerprint density at radius 1 is 0.892 bits per heavy atom. The van der Waals surface area contributed by atoms with Gasteiger partial charge >= 0.3 is 0 Å². The van der Waals surface area contributed by atoms with Gasteiger partial charge in [-0.05, 0) is 58.7 Å². The van der Waals surface area contributed by atoms with Crippen molar-refractivity contribution in [1.82, 2.24) is 0 Å². The quantitative estimate of drug-likeness (QED) is 0.0986. The highest BCUT2D eigenvalue weighted by Gasteiger charge is 2.26.